The zero-order valence-electron chi connectivity index (χ0n) is 14.3. The van der Waals surface area contributed by atoms with Crippen LogP contribution in [0, 0.1) is 0 Å². The largest absolute Gasteiger partial charge is 0.444 e. The van der Waals surface area contributed by atoms with Crippen LogP contribution in [-0.4, -0.2) is 44.8 Å². The van der Waals surface area contributed by atoms with Crippen LogP contribution in [0.25, 0.3) is 0 Å². The SMILES string of the molecule is Cn1ccnc1CNC1(C)CCN(C(=O)OC(C)(C)C)CC1. The summed E-state index contributed by atoms with van der Waals surface area (Å²) in [6, 6.07) is 0. The average molecular weight is 308 g/mol. The van der Waals surface area contributed by atoms with Gasteiger partial charge < -0.3 is 19.5 Å². The Bertz CT molecular complexity index is 510. The van der Waals surface area contributed by atoms with E-state index < -0.39 is 5.60 Å². The van der Waals surface area contributed by atoms with Gasteiger partial charge in [0.25, 0.3) is 0 Å². The Hall–Kier alpha value is -1.56. The predicted molar refractivity (Wildman–Crippen MR) is 85.5 cm³/mol. The molecule has 0 radical (unpaired) electrons. The van der Waals surface area contributed by atoms with Crippen LogP contribution < -0.4 is 5.32 Å². The Kier molecular flexibility index (Phi) is 4.80. The van der Waals surface area contributed by atoms with Crippen LogP contribution in [0.5, 0.6) is 0 Å². The summed E-state index contributed by atoms with van der Waals surface area (Å²) in [6.45, 7) is 10.1. The highest BCUT2D eigenvalue weighted by Gasteiger charge is 2.33. The normalized spacial score (nSPS) is 18.3. The zero-order valence-corrected chi connectivity index (χ0v) is 14.3. The first-order valence-corrected chi connectivity index (χ1v) is 7.88. The van der Waals surface area contributed by atoms with Gasteiger partial charge in [-0.1, -0.05) is 0 Å². The monoisotopic (exact) mass is 308 g/mol. The number of piperidine rings is 1. The molecule has 0 saturated carbocycles. The van der Waals surface area contributed by atoms with Crippen molar-refractivity contribution in [1.29, 1.82) is 0 Å². The third-order valence-electron chi connectivity index (χ3n) is 4.11. The quantitative estimate of drug-likeness (QED) is 0.931. The van der Waals surface area contributed by atoms with Gasteiger partial charge in [-0.3, -0.25) is 0 Å². The first-order valence-electron chi connectivity index (χ1n) is 7.88. The maximum Gasteiger partial charge on any atom is 0.410 e. The summed E-state index contributed by atoms with van der Waals surface area (Å²) < 4.78 is 7.45. The average Bonchev–Trinajstić information content (AvgIpc) is 2.81. The lowest BCUT2D eigenvalue weighted by Gasteiger charge is -2.40. The Labute approximate surface area is 132 Å². The van der Waals surface area contributed by atoms with Crippen molar-refractivity contribution < 1.29 is 9.53 Å². The minimum absolute atomic E-state index is 0.0322. The molecule has 1 aromatic rings. The van der Waals surface area contributed by atoms with E-state index in [9.17, 15) is 4.79 Å². The molecule has 0 aliphatic carbocycles. The number of hydrogen-bond acceptors (Lipinski definition) is 4. The topological polar surface area (TPSA) is 59.4 Å². The summed E-state index contributed by atoms with van der Waals surface area (Å²) >= 11 is 0. The Morgan fingerprint density at radius 1 is 1.41 bits per heavy atom. The third kappa shape index (κ3) is 4.47. The fourth-order valence-corrected chi connectivity index (χ4v) is 2.55. The van der Waals surface area contributed by atoms with Gasteiger partial charge in [0.1, 0.15) is 11.4 Å². The van der Waals surface area contributed by atoms with Crippen molar-refractivity contribution in [1.82, 2.24) is 19.8 Å². The maximum atomic E-state index is 12.1. The Morgan fingerprint density at radius 3 is 2.55 bits per heavy atom. The van der Waals surface area contributed by atoms with Crippen molar-refractivity contribution in [3.63, 3.8) is 0 Å². The van der Waals surface area contributed by atoms with Gasteiger partial charge in [-0.2, -0.15) is 0 Å². The molecule has 1 fully saturated rings. The zero-order chi connectivity index (χ0) is 16.4. The molecule has 1 saturated heterocycles. The summed E-state index contributed by atoms with van der Waals surface area (Å²) in [5, 5.41) is 3.59. The molecule has 6 nitrogen and oxygen atoms in total. The third-order valence-corrected chi connectivity index (χ3v) is 4.11. The lowest BCUT2D eigenvalue weighted by Crippen LogP contribution is -2.53. The molecular formula is C16H28N4O2. The van der Waals surface area contributed by atoms with Crippen molar-refractivity contribution in [2.45, 2.75) is 58.2 Å². The second-order valence-electron chi connectivity index (χ2n) is 7.34. The lowest BCUT2D eigenvalue weighted by atomic mass is 9.90. The number of rotatable bonds is 3. The van der Waals surface area contributed by atoms with Crippen molar-refractivity contribution in [3.8, 4) is 0 Å². The molecule has 6 heteroatoms. The molecule has 2 heterocycles. The van der Waals surface area contributed by atoms with Crippen LogP contribution in [0.4, 0.5) is 4.79 Å². The number of nitrogens with zero attached hydrogens (tertiary/aromatic N) is 3. The summed E-state index contributed by atoms with van der Waals surface area (Å²) in [7, 11) is 2.00. The number of aromatic nitrogens is 2. The molecule has 0 aromatic carbocycles. The highest BCUT2D eigenvalue weighted by Crippen LogP contribution is 2.23. The number of carbonyl (C=O) groups is 1. The molecule has 0 bridgehead atoms. The van der Waals surface area contributed by atoms with Gasteiger partial charge >= 0.3 is 6.09 Å². The van der Waals surface area contributed by atoms with Crippen LogP contribution in [0.3, 0.4) is 0 Å². The smallest absolute Gasteiger partial charge is 0.410 e. The minimum Gasteiger partial charge on any atom is -0.444 e. The molecule has 0 atom stereocenters. The van der Waals surface area contributed by atoms with Crippen molar-refractivity contribution in [3.05, 3.63) is 18.2 Å². The van der Waals surface area contributed by atoms with Crippen LogP contribution in [0.15, 0.2) is 12.4 Å². The van der Waals surface area contributed by atoms with E-state index in [4.69, 9.17) is 4.74 Å². The van der Waals surface area contributed by atoms with Crippen LogP contribution >= 0.6 is 0 Å². The molecule has 0 unspecified atom stereocenters. The van der Waals surface area contributed by atoms with Gasteiger partial charge in [0.05, 0.1) is 6.54 Å². The second-order valence-corrected chi connectivity index (χ2v) is 7.34. The van der Waals surface area contributed by atoms with Crippen molar-refractivity contribution in [2.75, 3.05) is 13.1 Å². The number of ether oxygens (including phenoxy) is 1. The van der Waals surface area contributed by atoms with E-state index in [1.54, 1.807) is 4.90 Å². The fourth-order valence-electron chi connectivity index (χ4n) is 2.55. The molecule has 1 aliphatic heterocycles. The Morgan fingerprint density at radius 2 is 2.05 bits per heavy atom. The van der Waals surface area contributed by atoms with Crippen LogP contribution in [-0.2, 0) is 18.3 Å². The summed E-state index contributed by atoms with van der Waals surface area (Å²) in [5.74, 6) is 1.02. The van der Waals surface area contributed by atoms with Crippen LogP contribution in [0.1, 0.15) is 46.4 Å². The first-order chi connectivity index (χ1) is 10.2. The molecule has 0 spiro atoms. The van der Waals surface area contributed by atoms with Gasteiger partial charge in [-0.25, -0.2) is 9.78 Å². The minimum atomic E-state index is -0.436. The first kappa shape index (κ1) is 16.8. The van der Waals surface area contributed by atoms with E-state index >= 15 is 0 Å². The van der Waals surface area contributed by atoms with Gasteiger partial charge in [0.15, 0.2) is 0 Å². The number of nitrogens with one attached hydrogen (secondary N) is 1. The molecule has 1 aromatic heterocycles. The standard InChI is InChI=1S/C16H28N4O2/c1-15(2,3)22-14(21)20-9-6-16(4,7-10-20)18-12-13-17-8-11-19(13)5/h8,11,18H,6-7,9-10,12H2,1-5H3. The van der Waals surface area contributed by atoms with Gasteiger partial charge in [-0.15, -0.1) is 0 Å². The Balaban J connectivity index is 1.83. The molecule has 124 valence electrons. The summed E-state index contributed by atoms with van der Waals surface area (Å²) in [6.07, 6.45) is 5.38. The highest BCUT2D eigenvalue weighted by molar-refractivity contribution is 5.68. The fraction of sp³-hybridized carbons (Fsp3) is 0.750. The summed E-state index contributed by atoms with van der Waals surface area (Å²) in [5.41, 5.74) is -0.404. The molecular weight excluding hydrogens is 280 g/mol. The van der Waals surface area contributed by atoms with E-state index in [1.807, 2.05) is 44.8 Å². The van der Waals surface area contributed by atoms with Gasteiger partial charge in [0.2, 0.25) is 0 Å². The van der Waals surface area contributed by atoms with E-state index in [2.05, 4.69) is 17.2 Å². The number of imidazole rings is 1. The van der Waals surface area contributed by atoms with Crippen molar-refractivity contribution in [2.24, 2.45) is 7.05 Å². The molecule has 22 heavy (non-hydrogen) atoms. The second kappa shape index (κ2) is 6.28. The maximum absolute atomic E-state index is 12.1. The van der Waals surface area contributed by atoms with Crippen LogP contribution in [0.2, 0.25) is 0 Å². The molecule has 1 amide bonds. The van der Waals surface area contributed by atoms with Gasteiger partial charge in [-0.05, 0) is 40.5 Å². The van der Waals surface area contributed by atoms with E-state index in [0.29, 0.717) is 0 Å². The molecule has 1 N–H and O–H groups in total. The van der Waals surface area contributed by atoms with E-state index in [-0.39, 0.29) is 11.6 Å². The number of hydrogen-bond donors (Lipinski definition) is 1. The van der Waals surface area contributed by atoms with Gasteiger partial charge in [0, 0.05) is 38.1 Å². The summed E-state index contributed by atoms with van der Waals surface area (Å²) in [4.78, 5) is 18.2. The number of carbonyl (C=O) groups excluding carboxylic acids is 1. The molecule has 2 rings (SSSR count). The van der Waals surface area contributed by atoms with Crippen molar-refractivity contribution >= 4 is 6.09 Å². The number of aryl methyl sites for hydroxylation is 1. The molecule has 1 aliphatic rings. The number of likely N-dealkylation sites (tertiary alicyclic amines) is 1. The lowest BCUT2D eigenvalue weighted by molar-refractivity contribution is 0.0156. The predicted octanol–water partition coefficient (Wildman–Crippen LogP) is 2.30. The highest BCUT2D eigenvalue weighted by atomic mass is 16.6. The van der Waals surface area contributed by atoms with E-state index in [1.165, 1.54) is 0 Å². The van der Waals surface area contributed by atoms with E-state index in [0.717, 1.165) is 38.3 Å². The number of amides is 1.